The van der Waals surface area contributed by atoms with Crippen LogP contribution in [0.2, 0.25) is 0 Å². The maximum absolute atomic E-state index is 10.2. The van der Waals surface area contributed by atoms with Gasteiger partial charge in [-0.2, -0.15) is 0 Å². The highest BCUT2D eigenvalue weighted by molar-refractivity contribution is 4.80. The summed E-state index contributed by atoms with van der Waals surface area (Å²) in [5.41, 5.74) is 0. The lowest BCUT2D eigenvalue weighted by atomic mass is 9.99. The molecule has 2 aliphatic rings. The molecule has 0 spiro atoms. The van der Waals surface area contributed by atoms with Gasteiger partial charge in [-0.1, -0.05) is 12.8 Å². The maximum Gasteiger partial charge on any atom is 0.0698 e. The van der Waals surface area contributed by atoms with Crippen molar-refractivity contribution in [1.29, 1.82) is 0 Å². The van der Waals surface area contributed by atoms with Gasteiger partial charge >= 0.3 is 0 Å². The second kappa shape index (κ2) is 5.99. The van der Waals surface area contributed by atoms with Crippen molar-refractivity contribution in [2.75, 3.05) is 26.7 Å². The Hall–Kier alpha value is -0.120. The van der Waals surface area contributed by atoms with E-state index in [0.29, 0.717) is 12.0 Å². The van der Waals surface area contributed by atoms with Crippen LogP contribution in [0.1, 0.15) is 38.5 Å². The zero-order valence-corrected chi connectivity index (χ0v) is 10.4. The predicted octanol–water partition coefficient (Wildman–Crippen LogP) is 1.65. The van der Waals surface area contributed by atoms with E-state index >= 15 is 0 Å². The monoisotopic (exact) mass is 227 g/mol. The number of piperidine rings is 1. The van der Waals surface area contributed by atoms with Crippen LogP contribution in [0.4, 0.5) is 0 Å². The van der Waals surface area contributed by atoms with Crippen molar-refractivity contribution in [3.8, 4) is 0 Å². The number of nitrogens with zero attached hydrogens (tertiary/aromatic N) is 1. The molecule has 0 aromatic heterocycles. The van der Waals surface area contributed by atoms with Gasteiger partial charge in [0.1, 0.15) is 0 Å². The molecule has 0 aromatic rings. The van der Waals surface area contributed by atoms with Crippen LogP contribution in [0.5, 0.6) is 0 Å². The Labute approximate surface area is 98.8 Å². The van der Waals surface area contributed by atoms with Gasteiger partial charge in [0.25, 0.3) is 0 Å². The third-order valence-electron chi connectivity index (χ3n) is 4.18. The molecule has 0 bridgehead atoms. The Bertz CT molecular complexity index is 204. The van der Waals surface area contributed by atoms with Crippen LogP contribution < -0.4 is 0 Å². The highest BCUT2D eigenvalue weighted by Gasteiger charge is 2.27. The van der Waals surface area contributed by atoms with Gasteiger partial charge in [0, 0.05) is 20.2 Å². The molecule has 0 radical (unpaired) electrons. The maximum atomic E-state index is 10.2. The fraction of sp³-hybridized carbons (Fsp3) is 1.00. The van der Waals surface area contributed by atoms with Crippen molar-refractivity contribution < 1.29 is 9.84 Å². The molecule has 16 heavy (non-hydrogen) atoms. The first-order valence-corrected chi connectivity index (χ1v) is 6.73. The number of β-amino-alcohol motifs (C(OH)–C–C–N with tert-alkyl or cyclic N) is 1. The normalized spacial score (nSPS) is 30.8. The smallest absolute Gasteiger partial charge is 0.0698 e. The Morgan fingerprint density at radius 1 is 1.25 bits per heavy atom. The van der Waals surface area contributed by atoms with E-state index in [1.165, 1.54) is 38.5 Å². The van der Waals surface area contributed by atoms with E-state index in [4.69, 9.17) is 4.74 Å². The van der Waals surface area contributed by atoms with Gasteiger partial charge in [-0.05, 0) is 38.1 Å². The van der Waals surface area contributed by atoms with Crippen LogP contribution >= 0.6 is 0 Å². The van der Waals surface area contributed by atoms with Crippen molar-refractivity contribution in [3.63, 3.8) is 0 Å². The molecule has 1 N–H and O–H groups in total. The Balaban J connectivity index is 1.75. The van der Waals surface area contributed by atoms with Crippen LogP contribution in [-0.2, 0) is 4.74 Å². The molecular weight excluding hydrogens is 202 g/mol. The first kappa shape index (κ1) is 12.3. The van der Waals surface area contributed by atoms with Crippen LogP contribution in [-0.4, -0.2) is 49.0 Å². The number of hydrogen-bond donors (Lipinski definition) is 1. The molecule has 1 saturated carbocycles. The van der Waals surface area contributed by atoms with Gasteiger partial charge in [0.2, 0.25) is 0 Å². The molecule has 2 fully saturated rings. The fourth-order valence-corrected chi connectivity index (χ4v) is 3.13. The minimum atomic E-state index is -0.113. The van der Waals surface area contributed by atoms with Gasteiger partial charge in [0.05, 0.1) is 12.2 Å². The summed E-state index contributed by atoms with van der Waals surface area (Å²) in [7, 11) is 1.79. The molecule has 2 unspecified atom stereocenters. The van der Waals surface area contributed by atoms with Crippen molar-refractivity contribution in [2.24, 2.45) is 5.92 Å². The summed E-state index contributed by atoms with van der Waals surface area (Å²) >= 11 is 0. The summed E-state index contributed by atoms with van der Waals surface area (Å²) in [6.45, 7) is 2.98. The Kier molecular flexibility index (Phi) is 4.62. The average molecular weight is 227 g/mol. The number of aliphatic hydroxyl groups is 1. The van der Waals surface area contributed by atoms with E-state index in [9.17, 15) is 5.11 Å². The molecule has 3 nitrogen and oxygen atoms in total. The summed E-state index contributed by atoms with van der Waals surface area (Å²) in [5, 5.41) is 10.2. The predicted molar refractivity (Wildman–Crippen MR) is 64.4 cm³/mol. The molecule has 2 rings (SSSR count). The molecule has 0 amide bonds. The molecule has 1 aliphatic carbocycles. The second-order valence-corrected chi connectivity index (χ2v) is 5.37. The minimum absolute atomic E-state index is 0.113. The summed E-state index contributed by atoms with van der Waals surface area (Å²) in [6.07, 6.45) is 7.71. The zero-order valence-electron chi connectivity index (χ0n) is 10.4. The van der Waals surface area contributed by atoms with Gasteiger partial charge < -0.3 is 9.84 Å². The van der Waals surface area contributed by atoms with Crippen molar-refractivity contribution in [1.82, 2.24) is 4.90 Å². The van der Waals surface area contributed by atoms with Crippen LogP contribution in [0.25, 0.3) is 0 Å². The zero-order chi connectivity index (χ0) is 11.4. The standard InChI is InChI=1S/C13H25NO2/c1-16-12-7-4-8-14(9-12)10-13(15)11-5-2-3-6-11/h11-13,15H,2-10H2,1H3. The van der Waals surface area contributed by atoms with Crippen LogP contribution in [0.15, 0.2) is 0 Å². The lowest BCUT2D eigenvalue weighted by Crippen LogP contribution is -2.44. The number of ether oxygens (including phenoxy) is 1. The number of hydrogen-bond acceptors (Lipinski definition) is 3. The lowest BCUT2D eigenvalue weighted by Gasteiger charge is -2.34. The second-order valence-electron chi connectivity index (χ2n) is 5.37. The van der Waals surface area contributed by atoms with Crippen molar-refractivity contribution in [3.05, 3.63) is 0 Å². The molecule has 3 heteroatoms. The first-order valence-electron chi connectivity index (χ1n) is 6.73. The van der Waals surface area contributed by atoms with Crippen molar-refractivity contribution in [2.45, 2.75) is 50.7 Å². The molecule has 1 aliphatic heterocycles. The van der Waals surface area contributed by atoms with Crippen LogP contribution in [0.3, 0.4) is 0 Å². The fourth-order valence-electron chi connectivity index (χ4n) is 3.13. The van der Waals surface area contributed by atoms with Gasteiger partial charge in [-0.3, -0.25) is 4.90 Å². The van der Waals surface area contributed by atoms with E-state index in [-0.39, 0.29) is 6.10 Å². The third kappa shape index (κ3) is 3.19. The summed E-state index contributed by atoms with van der Waals surface area (Å²) in [5.74, 6) is 0.558. The summed E-state index contributed by atoms with van der Waals surface area (Å²) in [6, 6.07) is 0. The first-order chi connectivity index (χ1) is 7.79. The number of aliphatic hydroxyl groups excluding tert-OH is 1. The number of methoxy groups -OCH3 is 1. The summed E-state index contributed by atoms with van der Waals surface area (Å²) < 4.78 is 5.41. The largest absolute Gasteiger partial charge is 0.392 e. The topological polar surface area (TPSA) is 32.7 Å². The molecule has 1 saturated heterocycles. The van der Waals surface area contributed by atoms with E-state index in [1.54, 1.807) is 7.11 Å². The number of likely N-dealkylation sites (tertiary alicyclic amines) is 1. The van der Waals surface area contributed by atoms with Crippen molar-refractivity contribution >= 4 is 0 Å². The SMILES string of the molecule is COC1CCCN(CC(O)C2CCCC2)C1. The van der Waals surface area contributed by atoms with Gasteiger partial charge in [-0.15, -0.1) is 0 Å². The Morgan fingerprint density at radius 3 is 2.69 bits per heavy atom. The quantitative estimate of drug-likeness (QED) is 0.792. The third-order valence-corrected chi connectivity index (χ3v) is 4.18. The number of rotatable bonds is 4. The molecule has 1 heterocycles. The average Bonchev–Trinajstić information content (AvgIpc) is 2.83. The summed E-state index contributed by atoms with van der Waals surface area (Å²) in [4.78, 5) is 2.38. The molecule has 0 aromatic carbocycles. The van der Waals surface area contributed by atoms with E-state index in [2.05, 4.69) is 4.90 Å². The highest BCUT2D eigenvalue weighted by Crippen LogP contribution is 2.28. The lowest BCUT2D eigenvalue weighted by molar-refractivity contribution is 0.00172. The van der Waals surface area contributed by atoms with Crippen LogP contribution in [0, 0.1) is 5.92 Å². The molecular formula is C13H25NO2. The van der Waals surface area contributed by atoms with Gasteiger partial charge in [0.15, 0.2) is 0 Å². The minimum Gasteiger partial charge on any atom is -0.392 e. The molecule has 94 valence electrons. The van der Waals surface area contributed by atoms with Gasteiger partial charge in [-0.25, -0.2) is 0 Å². The van der Waals surface area contributed by atoms with E-state index < -0.39 is 0 Å². The van der Waals surface area contributed by atoms with E-state index in [1.807, 2.05) is 0 Å². The van der Waals surface area contributed by atoms with E-state index in [0.717, 1.165) is 19.6 Å². The molecule has 2 atom stereocenters. The Morgan fingerprint density at radius 2 is 2.00 bits per heavy atom. The highest BCUT2D eigenvalue weighted by atomic mass is 16.5.